The normalized spacial score (nSPS) is 17.8. The van der Waals surface area contributed by atoms with E-state index in [1.807, 2.05) is 20.8 Å². The summed E-state index contributed by atoms with van der Waals surface area (Å²) in [7, 11) is -3.59. The van der Waals surface area contributed by atoms with Gasteiger partial charge in [0.1, 0.15) is 0 Å². The van der Waals surface area contributed by atoms with Crippen molar-refractivity contribution in [1.29, 1.82) is 0 Å². The number of sulfone groups is 1. The fourth-order valence-corrected chi connectivity index (χ4v) is 4.68. The van der Waals surface area contributed by atoms with Crippen LogP contribution in [0.15, 0.2) is 28.0 Å². The zero-order chi connectivity index (χ0) is 17.9. The van der Waals surface area contributed by atoms with Crippen LogP contribution in [0.25, 0.3) is 0 Å². The van der Waals surface area contributed by atoms with Crippen molar-refractivity contribution in [3.05, 3.63) is 18.2 Å². The molecule has 0 spiro atoms. The minimum atomic E-state index is -3.59. The Morgan fingerprint density at radius 3 is 2.79 bits per heavy atom. The molecule has 1 aromatic carbocycles. The molecule has 1 aliphatic heterocycles. The first-order valence-corrected chi connectivity index (χ1v) is 10.3. The molecular weight excluding hydrogens is 348 g/mol. The Morgan fingerprint density at radius 1 is 1.42 bits per heavy atom. The van der Waals surface area contributed by atoms with E-state index in [1.54, 1.807) is 6.07 Å². The molecule has 0 saturated heterocycles. The quantitative estimate of drug-likeness (QED) is 0.829. The second-order valence-electron chi connectivity index (χ2n) is 6.13. The summed E-state index contributed by atoms with van der Waals surface area (Å²) in [5.41, 5.74) is 0.516. The SMILES string of the molecule is CC(C)NC(=O)CCS(=O)(=O)c1ccc2c(c1)NC(=O)CC(C)S2. The van der Waals surface area contributed by atoms with Crippen LogP contribution < -0.4 is 10.6 Å². The first-order valence-electron chi connectivity index (χ1n) is 7.80. The van der Waals surface area contributed by atoms with E-state index in [2.05, 4.69) is 10.6 Å². The molecule has 0 bridgehead atoms. The number of fused-ring (bicyclic) bond motifs is 1. The largest absolute Gasteiger partial charge is 0.354 e. The molecule has 0 aliphatic carbocycles. The third kappa shape index (κ3) is 4.98. The van der Waals surface area contributed by atoms with Crippen LogP contribution in [0, 0.1) is 0 Å². The Balaban J connectivity index is 2.17. The smallest absolute Gasteiger partial charge is 0.225 e. The van der Waals surface area contributed by atoms with Gasteiger partial charge in [-0.2, -0.15) is 0 Å². The number of carbonyl (C=O) groups is 2. The molecule has 1 heterocycles. The summed E-state index contributed by atoms with van der Waals surface area (Å²) >= 11 is 1.54. The molecule has 2 N–H and O–H groups in total. The summed E-state index contributed by atoms with van der Waals surface area (Å²) in [6, 6.07) is 4.70. The summed E-state index contributed by atoms with van der Waals surface area (Å²) in [5.74, 6) is -0.678. The maximum absolute atomic E-state index is 12.4. The summed E-state index contributed by atoms with van der Waals surface area (Å²) in [4.78, 5) is 24.4. The van der Waals surface area contributed by atoms with Crippen molar-refractivity contribution in [3.8, 4) is 0 Å². The predicted molar refractivity (Wildman–Crippen MR) is 95.0 cm³/mol. The molecular formula is C16H22N2O4S2. The van der Waals surface area contributed by atoms with E-state index in [0.29, 0.717) is 12.1 Å². The van der Waals surface area contributed by atoms with Crippen molar-refractivity contribution >= 4 is 39.1 Å². The van der Waals surface area contributed by atoms with E-state index in [1.165, 1.54) is 23.9 Å². The van der Waals surface area contributed by atoms with Gasteiger partial charge in [0.15, 0.2) is 9.84 Å². The van der Waals surface area contributed by atoms with Gasteiger partial charge in [0.05, 0.1) is 16.3 Å². The average Bonchev–Trinajstić information content (AvgIpc) is 2.60. The second-order valence-corrected chi connectivity index (χ2v) is 9.72. The van der Waals surface area contributed by atoms with Crippen molar-refractivity contribution in [2.75, 3.05) is 11.1 Å². The lowest BCUT2D eigenvalue weighted by Crippen LogP contribution is -2.31. The maximum Gasteiger partial charge on any atom is 0.225 e. The lowest BCUT2D eigenvalue weighted by molar-refractivity contribution is -0.121. The van der Waals surface area contributed by atoms with Crippen LogP contribution in [-0.4, -0.2) is 37.3 Å². The lowest BCUT2D eigenvalue weighted by atomic mass is 10.3. The molecule has 0 aromatic heterocycles. The summed E-state index contributed by atoms with van der Waals surface area (Å²) < 4.78 is 24.9. The number of hydrogen-bond acceptors (Lipinski definition) is 5. The predicted octanol–water partition coefficient (Wildman–Crippen LogP) is 2.20. The van der Waals surface area contributed by atoms with Crippen LogP contribution in [0.4, 0.5) is 5.69 Å². The number of carbonyl (C=O) groups excluding carboxylic acids is 2. The third-order valence-electron chi connectivity index (χ3n) is 3.43. The van der Waals surface area contributed by atoms with E-state index in [0.717, 1.165) is 4.90 Å². The van der Waals surface area contributed by atoms with Gasteiger partial charge in [0.25, 0.3) is 0 Å². The van der Waals surface area contributed by atoms with Gasteiger partial charge in [-0.1, -0.05) is 6.92 Å². The van der Waals surface area contributed by atoms with Gasteiger partial charge in [-0.3, -0.25) is 9.59 Å². The molecule has 1 aliphatic rings. The minimum absolute atomic E-state index is 0.0260. The first kappa shape index (κ1) is 18.8. The van der Waals surface area contributed by atoms with Crippen molar-refractivity contribution in [1.82, 2.24) is 5.32 Å². The van der Waals surface area contributed by atoms with Crippen LogP contribution in [0.1, 0.15) is 33.6 Å². The van der Waals surface area contributed by atoms with Gasteiger partial charge >= 0.3 is 0 Å². The van der Waals surface area contributed by atoms with E-state index >= 15 is 0 Å². The average molecular weight is 370 g/mol. The standard InChI is InChI=1S/C16H22N2O4S2/c1-10(2)17-15(19)6-7-24(21,22)12-4-5-14-13(9-12)18-16(20)8-11(3)23-14/h4-5,9-11H,6-8H2,1-3H3,(H,17,19)(H,18,20). The number of anilines is 1. The second kappa shape index (κ2) is 7.57. The minimum Gasteiger partial charge on any atom is -0.354 e. The highest BCUT2D eigenvalue weighted by Gasteiger charge is 2.22. The summed E-state index contributed by atoms with van der Waals surface area (Å²) in [5, 5.41) is 5.56. The number of rotatable bonds is 5. The fourth-order valence-electron chi connectivity index (χ4n) is 2.36. The zero-order valence-corrected chi connectivity index (χ0v) is 15.6. The number of amides is 2. The monoisotopic (exact) mass is 370 g/mol. The van der Waals surface area contributed by atoms with Crippen molar-refractivity contribution in [2.24, 2.45) is 0 Å². The van der Waals surface area contributed by atoms with Gasteiger partial charge < -0.3 is 10.6 Å². The molecule has 0 saturated carbocycles. The van der Waals surface area contributed by atoms with Gasteiger partial charge in [-0.05, 0) is 32.0 Å². The lowest BCUT2D eigenvalue weighted by Gasteiger charge is -2.11. The molecule has 1 unspecified atom stereocenters. The van der Waals surface area contributed by atoms with Crippen molar-refractivity contribution in [3.63, 3.8) is 0 Å². The van der Waals surface area contributed by atoms with Crippen LogP contribution in [0.5, 0.6) is 0 Å². The van der Waals surface area contributed by atoms with Gasteiger partial charge in [0.2, 0.25) is 11.8 Å². The van der Waals surface area contributed by atoms with Gasteiger partial charge in [-0.15, -0.1) is 11.8 Å². The summed E-state index contributed by atoms with van der Waals surface area (Å²) in [6.45, 7) is 5.59. The van der Waals surface area contributed by atoms with Crippen LogP contribution in [0.2, 0.25) is 0 Å². The van der Waals surface area contributed by atoms with E-state index in [-0.39, 0.29) is 40.2 Å². The molecule has 0 fully saturated rings. The Bertz CT molecular complexity index is 744. The Kier molecular flexibility index (Phi) is 5.92. The van der Waals surface area contributed by atoms with Crippen LogP contribution in [-0.2, 0) is 19.4 Å². The highest BCUT2D eigenvalue weighted by atomic mass is 32.2. The first-order chi connectivity index (χ1) is 11.2. The number of nitrogens with one attached hydrogen (secondary N) is 2. The van der Waals surface area contributed by atoms with Crippen molar-refractivity contribution in [2.45, 2.75) is 54.7 Å². The molecule has 24 heavy (non-hydrogen) atoms. The number of hydrogen-bond donors (Lipinski definition) is 2. The van der Waals surface area contributed by atoms with Gasteiger partial charge in [0, 0.05) is 29.0 Å². The maximum atomic E-state index is 12.4. The van der Waals surface area contributed by atoms with Crippen LogP contribution in [0.3, 0.4) is 0 Å². The molecule has 1 aromatic rings. The molecule has 2 rings (SSSR count). The summed E-state index contributed by atoms with van der Waals surface area (Å²) in [6.07, 6.45) is 0.298. The van der Waals surface area contributed by atoms with E-state index in [9.17, 15) is 18.0 Å². The third-order valence-corrected chi connectivity index (χ3v) is 6.33. The molecule has 2 amide bonds. The molecule has 0 radical (unpaired) electrons. The molecule has 6 nitrogen and oxygen atoms in total. The van der Waals surface area contributed by atoms with E-state index in [4.69, 9.17) is 0 Å². The van der Waals surface area contributed by atoms with Crippen LogP contribution >= 0.6 is 11.8 Å². The topological polar surface area (TPSA) is 92.3 Å². The van der Waals surface area contributed by atoms with E-state index < -0.39 is 9.84 Å². The highest BCUT2D eigenvalue weighted by molar-refractivity contribution is 8.00. The Hall–Kier alpha value is -1.54. The zero-order valence-electron chi connectivity index (χ0n) is 14.0. The molecule has 8 heteroatoms. The van der Waals surface area contributed by atoms with Gasteiger partial charge in [-0.25, -0.2) is 8.42 Å². The molecule has 132 valence electrons. The number of benzene rings is 1. The van der Waals surface area contributed by atoms with Crippen molar-refractivity contribution < 1.29 is 18.0 Å². The molecule has 1 atom stereocenters. The number of thioether (sulfide) groups is 1. The fraction of sp³-hybridized carbons (Fsp3) is 0.500. The Morgan fingerprint density at radius 2 is 2.12 bits per heavy atom. The Labute approximate surface area is 146 Å². The highest BCUT2D eigenvalue weighted by Crippen LogP contribution is 2.36.